The number of benzene rings is 1. The number of hydrazine groups is 1. The van der Waals surface area contributed by atoms with E-state index in [2.05, 4.69) is 10.9 Å². The van der Waals surface area contributed by atoms with Crippen molar-refractivity contribution in [2.24, 2.45) is 5.92 Å². The second-order valence-corrected chi connectivity index (χ2v) is 4.47. The Morgan fingerprint density at radius 3 is 2.21 bits per heavy atom. The van der Waals surface area contributed by atoms with Gasteiger partial charge in [-0.15, -0.1) is 0 Å². The fourth-order valence-corrected chi connectivity index (χ4v) is 1.75. The van der Waals surface area contributed by atoms with E-state index in [0.29, 0.717) is 15.7 Å². The summed E-state index contributed by atoms with van der Waals surface area (Å²) in [6.45, 7) is -0.830. The van der Waals surface area contributed by atoms with Crippen LogP contribution >= 0.6 is 23.2 Å². The van der Waals surface area contributed by atoms with E-state index in [9.17, 15) is 18.0 Å². The van der Waals surface area contributed by atoms with Crippen LogP contribution < -0.4 is 10.9 Å². The first-order valence-electron chi connectivity index (χ1n) is 4.94. The van der Waals surface area contributed by atoms with Gasteiger partial charge in [0, 0.05) is 16.6 Å². The topological polar surface area (TPSA) is 61.4 Å². The summed E-state index contributed by atoms with van der Waals surface area (Å²) in [5.41, 5.74) is 4.90. The largest absolute Gasteiger partial charge is 0.481 e. The lowest BCUT2D eigenvalue weighted by atomic mass is 10.1. The first-order chi connectivity index (χ1) is 8.70. The molecule has 1 aromatic carbocycles. The van der Waals surface area contributed by atoms with Crippen LogP contribution in [-0.4, -0.2) is 23.8 Å². The van der Waals surface area contributed by atoms with Crippen molar-refractivity contribution in [2.45, 2.75) is 6.18 Å². The summed E-state index contributed by atoms with van der Waals surface area (Å²) >= 11 is 11.4. The van der Waals surface area contributed by atoms with Crippen LogP contribution in [0.2, 0.25) is 10.0 Å². The van der Waals surface area contributed by atoms with E-state index in [1.807, 2.05) is 0 Å². The van der Waals surface area contributed by atoms with Gasteiger partial charge >= 0.3 is 12.1 Å². The molecule has 0 aromatic heterocycles. The molecule has 1 aromatic rings. The average molecular weight is 317 g/mol. The number of aliphatic carboxylic acids is 1. The van der Waals surface area contributed by atoms with Crippen LogP contribution in [0.3, 0.4) is 0 Å². The Balaban J connectivity index is 2.59. The average Bonchev–Trinajstić information content (AvgIpc) is 2.20. The van der Waals surface area contributed by atoms with E-state index in [-0.39, 0.29) is 0 Å². The molecule has 0 bridgehead atoms. The van der Waals surface area contributed by atoms with E-state index < -0.39 is 24.6 Å². The molecule has 1 atom stereocenters. The summed E-state index contributed by atoms with van der Waals surface area (Å²) in [5.74, 6) is -4.46. The van der Waals surface area contributed by atoms with Crippen molar-refractivity contribution < 1.29 is 23.1 Å². The van der Waals surface area contributed by atoms with Gasteiger partial charge in [0.2, 0.25) is 0 Å². The van der Waals surface area contributed by atoms with Crippen LogP contribution in [0.15, 0.2) is 18.2 Å². The van der Waals surface area contributed by atoms with E-state index in [4.69, 9.17) is 28.3 Å². The second kappa shape index (κ2) is 6.31. The fourth-order valence-electron chi connectivity index (χ4n) is 1.22. The van der Waals surface area contributed by atoms with Crippen molar-refractivity contribution in [1.29, 1.82) is 0 Å². The molecule has 0 aliphatic heterocycles. The zero-order valence-corrected chi connectivity index (χ0v) is 10.8. The maximum atomic E-state index is 12.3. The molecule has 0 saturated carbocycles. The SMILES string of the molecule is O=C(O)C(CNNc1cc(Cl)cc(Cl)c1)C(F)(F)F. The van der Waals surface area contributed by atoms with Gasteiger partial charge in [-0.25, -0.2) is 5.43 Å². The molecule has 1 unspecified atom stereocenters. The number of carbonyl (C=O) groups is 1. The van der Waals surface area contributed by atoms with Gasteiger partial charge in [-0.1, -0.05) is 23.2 Å². The molecule has 0 fully saturated rings. The van der Waals surface area contributed by atoms with Crippen LogP contribution in [0.4, 0.5) is 18.9 Å². The van der Waals surface area contributed by atoms with Crippen LogP contribution in [-0.2, 0) is 4.79 Å². The minimum Gasteiger partial charge on any atom is -0.481 e. The van der Waals surface area contributed by atoms with E-state index in [1.165, 1.54) is 18.2 Å². The Labute approximate surface area is 116 Å². The number of carboxylic acids is 1. The third kappa shape index (κ3) is 5.14. The highest BCUT2D eigenvalue weighted by atomic mass is 35.5. The Morgan fingerprint density at radius 1 is 1.26 bits per heavy atom. The molecule has 19 heavy (non-hydrogen) atoms. The minimum absolute atomic E-state index is 0.294. The standard InChI is InChI=1S/C10H9Cl2F3N2O2/c11-5-1-6(12)3-7(2-5)17-16-4-8(9(18)19)10(13,14)15/h1-3,8,16-17H,4H2,(H,18,19). The first kappa shape index (κ1) is 15.9. The maximum absolute atomic E-state index is 12.3. The number of halogens is 5. The number of carboxylic acid groups (broad SMARTS) is 1. The number of anilines is 1. The van der Waals surface area contributed by atoms with Crippen LogP contribution in [0.1, 0.15) is 0 Å². The van der Waals surface area contributed by atoms with Gasteiger partial charge in [-0.2, -0.15) is 13.2 Å². The third-order valence-electron chi connectivity index (χ3n) is 2.09. The van der Waals surface area contributed by atoms with Crippen molar-refractivity contribution in [2.75, 3.05) is 12.0 Å². The predicted molar refractivity (Wildman–Crippen MR) is 65.3 cm³/mol. The number of nitrogens with one attached hydrogen (secondary N) is 2. The summed E-state index contributed by atoms with van der Waals surface area (Å²) in [7, 11) is 0. The molecule has 0 spiro atoms. The lowest BCUT2D eigenvalue weighted by Crippen LogP contribution is -2.40. The lowest BCUT2D eigenvalue weighted by molar-refractivity contribution is -0.192. The van der Waals surface area contributed by atoms with Gasteiger partial charge in [-0.3, -0.25) is 4.79 Å². The molecule has 0 radical (unpaired) electrons. The molecule has 106 valence electrons. The van der Waals surface area contributed by atoms with Gasteiger partial charge < -0.3 is 10.5 Å². The summed E-state index contributed by atoms with van der Waals surface area (Å²) in [6, 6.07) is 4.29. The maximum Gasteiger partial charge on any atom is 0.403 e. The third-order valence-corrected chi connectivity index (χ3v) is 2.53. The molecule has 0 heterocycles. The molecule has 0 amide bonds. The normalized spacial score (nSPS) is 13.1. The summed E-state index contributed by atoms with van der Waals surface area (Å²) in [6.07, 6.45) is -4.83. The molecule has 0 saturated heterocycles. The van der Waals surface area contributed by atoms with Gasteiger partial charge in [0.15, 0.2) is 5.92 Å². The van der Waals surface area contributed by atoms with Gasteiger partial charge in [-0.05, 0) is 18.2 Å². The van der Waals surface area contributed by atoms with Crippen molar-refractivity contribution in [1.82, 2.24) is 5.43 Å². The van der Waals surface area contributed by atoms with E-state index in [0.717, 1.165) is 0 Å². The highest BCUT2D eigenvalue weighted by Crippen LogP contribution is 2.26. The van der Waals surface area contributed by atoms with Gasteiger partial charge in [0.1, 0.15) is 0 Å². The summed E-state index contributed by atoms with van der Waals surface area (Å²) < 4.78 is 37.0. The smallest absolute Gasteiger partial charge is 0.403 e. The Kier molecular flexibility index (Phi) is 5.28. The van der Waals surface area contributed by atoms with E-state index in [1.54, 1.807) is 0 Å². The number of rotatable bonds is 5. The molecule has 9 heteroatoms. The number of alkyl halides is 3. The highest BCUT2D eigenvalue weighted by Gasteiger charge is 2.44. The Bertz CT molecular complexity index is 448. The molecular formula is C10H9Cl2F3N2O2. The van der Waals surface area contributed by atoms with Crippen LogP contribution in [0.25, 0.3) is 0 Å². The Hall–Kier alpha value is -1.18. The molecule has 0 aliphatic carbocycles. The van der Waals surface area contributed by atoms with E-state index >= 15 is 0 Å². The van der Waals surface area contributed by atoms with Crippen LogP contribution in [0, 0.1) is 5.92 Å². The number of hydrogen-bond donors (Lipinski definition) is 3. The quantitative estimate of drug-likeness (QED) is 0.730. The zero-order valence-electron chi connectivity index (χ0n) is 9.26. The highest BCUT2D eigenvalue weighted by molar-refractivity contribution is 6.35. The van der Waals surface area contributed by atoms with Crippen LogP contribution in [0.5, 0.6) is 0 Å². The first-order valence-corrected chi connectivity index (χ1v) is 5.70. The van der Waals surface area contributed by atoms with Crippen molar-refractivity contribution in [3.8, 4) is 0 Å². The second-order valence-electron chi connectivity index (χ2n) is 3.60. The van der Waals surface area contributed by atoms with Gasteiger partial charge in [0.05, 0.1) is 5.69 Å². The fraction of sp³-hybridized carbons (Fsp3) is 0.300. The summed E-state index contributed by atoms with van der Waals surface area (Å²) in [5, 5.41) is 9.05. The molecule has 1 rings (SSSR count). The predicted octanol–water partition coefficient (Wildman–Crippen LogP) is 3.17. The number of hydrogen-bond acceptors (Lipinski definition) is 3. The zero-order chi connectivity index (χ0) is 14.6. The summed E-state index contributed by atoms with van der Waals surface area (Å²) in [4.78, 5) is 10.5. The minimum atomic E-state index is -4.83. The molecule has 0 aliphatic rings. The molecule has 3 N–H and O–H groups in total. The van der Waals surface area contributed by atoms with Crippen molar-refractivity contribution >= 4 is 34.9 Å². The molecule has 4 nitrogen and oxygen atoms in total. The monoisotopic (exact) mass is 316 g/mol. The Morgan fingerprint density at radius 2 is 1.79 bits per heavy atom. The van der Waals surface area contributed by atoms with Crippen molar-refractivity contribution in [3.05, 3.63) is 28.2 Å². The molecular weight excluding hydrogens is 308 g/mol. The van der Waals surface area contributed by atoms with Crippen molar-refractivity contribution in [3.63, 3.8) is 0 Å². The lowest BCUT2D eigenvalue weighted by Gasteiger charge is -2.17. The van der Waals surface area contributed by atoms with Gasteiger partial charge in [0.25, 0.3) is 0 Å².